The van der Waals surface area contributed by atoms with Crippen LogP contribution in [0.25, 0.3) is 16.8 Å². The lowest BCUT2D eigenvalue weighted by Crippen LogP contribution is -2.27. The molecule has 0 spiro atoms. The van der Waals surface area contributed by atoms with Crippen LogP contribution in [0.4, 0.5) is 4.79 Å². The molecule has 4 rings (SSSR count). The van der Waals surface area contributed by atoms with Crippen LogP contribution < -0.4 is 4.74 Å². The fourth-order valence-corrected chi connectivity index (χ4v) is 4.58. The van der Waals surface area contributed by atoms with E-state index in [-0.39, 0.29) is 23.8 Å². The van der Waals surface area contributed by atoms with Crippen LogP contribution in [0.5, 0.6) is 5.75 Å². The molecule has 0 saturated carbocycles. The van der Waals surface area contributed by atoms with Gasteiger partial charge in [0.05, 0.1) is 17.6 Å². The highest BCUT2D eigenvalue weighted by Crippen LogP contribution is 2.38. The molecule has 0 N–H and O–H groups in total. The van der Waals surface area contributed by atoms with Crippen molar-refractivity contribution in [3.8, 4) is 5.75 Å². The maximum Gasteiger partial charge on any atom is 0.293 e. The monoisotopic (exact) mass is 481 g/mol. The Morgan fingerprint density at radius 3 is 2.53 bits per heavy atom. The second kappa shape index (κ2) is 8.66. The van der Waals surface area contributed by atoms with E-state index < -0.39 is 0 Å². The van der Waals surface area contributed by atoms with E-state index in [0.29, 0.717) is 10.7 Å². The SMILES string of the molecule is CC(C)Oc1ccc2ccccc2c1/C=C1\SC(=O)N(Cc2ccccc2Br)C1=O. The lowest BCUT2D eigenvalue weighted by Gasteiger charge is -2.15. The Morgan fingerprint density at radius 2 is 1.77 bits per heavy atom. The Kier molecular flexibility index (Phi) is 5.97. The molecule has 1 saturated heterocycles. The standard InChI is InChI=1S/C24H20BrNO3S/c1-15(2)29-21-12-11-16-7-3-5-9-18(16)19(21)13-22-23(27)26(24(28)30-22)14-17-8-4-6-10-20(17)25/h3-13,15H,14H2,1-2H3/b22-13-. The lowest BCUT2D eigenvalue weighted by molar-refractivity contribution is -0.123. The van der Waals surface area contributed by atoms with E-state index in [9.17, 15) is 9.59 Å². The number of hydrogen-bond acceptors (Lipinski definition) is 4. The lowest BCUT2D eigenvalue weighted by atomic mass is 10.0. The molecule has 1 fully saturated rings. The molecule has 0 bridgehead atoms. The molecule has 4 nitrogen and oxygen atoms in total. The number of fused-ring (bicyclic) bond motifs is 1. The van der Waals surface area contributed by atoms with E-state index in [0.717, 1.165) is 38.1 Å². The van der Waals surface area contributed by atoms with Crippen molar-refractivity contribution in [2.45, 2.75) is 26.5 Å². The maximum absolute atomic E-state index is 13.1. The fourth-order valence-electron chi connectivity index (χ4n) is 3.35. The summed E-state index contributed by atoms with van der Waals surface area (Å²) >= 11 is 4.45. The van der Waals surface area contributed by atoms with Gasteiger partial charge >= 0.3 is 0 Å². The quantitative estimate of drug-likeness (QED) is 0.383. The molecule has 0 aromatic heterocycles. The van der Waals surface area contributed by atoms with Crippen molar-refractivity contribution in [2.24, 2.45) is 0 Å². The summed E-state index contributed by atoms with van der Waals surface area (Å²) in [5.74, 6) is 0.408. The van der Waals surface area contributed by atoms with Crippen LogP contribution in [0.3, 0.4) is 0 Å². The number of benzene rings is 3. The van der Waals surface area contributed by atoms with Crippen molar-refractivity contribution in [2.75, 3.05) is 0 Å². The third-order valence-electron chi connectivity index (χ3n) is 4.73. The van der Waals surface area contributed by atoms with Crippen molar-refractivity contribution in [3.63, 3.8) is 0 Å². The summed E-state index contributed by atoms with van der Waals surface area (Å²) in [4.78, 5) is 27.4. The number of carbonyl (C=O) groups is 2. The van der Waals surface area contributed by atoms with Crippen molar-refractivity contribution in [1.82, 2.24) is 4.90 Å². The number of halogens is 1. The van der Waals surface area contributed by atoms with Crippen LogP contribution in [0.2, 0.25) is 0 Å². The molecule has 0 aliphatic carbocycles. The highest BCUT2D eigenvalue weighted by atomic mass is 79.9. The summed E-state index contributed by atoms with van der Waals surface area (Å²) in [6.07, 6.45) is 1.77. The van der Waals surface area contributed by atoms with Gasteiger partial charge in [-0.3, -0.25) is 14.5 Å². The zero-order valence-corrected chi connectivity index (χ0v) is 19.0. The van der Waals surface area contributed by atoms with Gasteiger partial charge in [0, 0.05) is 10.0 Å². The van der Waals surface area contributed by atoms with Crippen LogP contribution in [0.15, 0.2) is 70.0 Å². The van der Waals surface area contributed by atoms with Crippen LogP contribution in [0.1, 0.15) is 25.0 Å². The van der Waals surface area contributed by atoms with Crippen molar-refractivity contribution >= 4 is 55.7 Å². The van der Waals surface area contributed by atoms with Gasteiger partial charge in [0.2, 0.25) is 0 Å². The largest absolute Gasteiger partial charge is 0.490 e. The summed E-state index contributed by atoms with van der Waals surface area (Å²) in [6, 6.07) is 19.5. The number of amides is 2. The van der Waals surface area contributed by atoms with E-state index >= 15 is 0 Å². The predicted molar refractivity (Wildman–Crippen MR) is 125 cm³/mol. The van der Waals surface area contributed by atoms with Crippen molar-refractivity contribution in [1.29, 1.82) is 0 Å². The highest BCUT2D eigenvalue weighted by Gasteiger charge is 2.35. The number of imide groups is 1. The summed E-state index contributed by atoms with van der Waals surface area (Å²) in [5, 5.41) is 1.76. The Bertz CT molecular complexity index is 1170. The van der Waals surface area contributed by atoms with Gasteiger partial charge in [-0.2, -0.15) is 0 Å². The molecule has 1 heterocycles. The first kappa shape index (κ1) is 20.7. The third kappa shape index (κ3) is 4.16. The third-order valence-corrected chi connectivity index (χ3v) is 6.41. The Balaban J connectivity index is 1.73. The molecule has 0 radical (unpaired) electrons. The molecule has 0 unspecified atom stereocenters. The summed E-state index contributed by atoms with van der Waals surface area (Å²) in [5.41, 5.74) is 1.70. The number of ether oxygens (including phenoxy) is 1. The Hall–Kier alpha value is -2.57. The number of thioether (sulfide) groups is 1. The molecule has 0 atom stereocenters. The normalized spacial score (nSPS) is 15.6. The molecule has 30 heavy (non-hydrogen) atoms. The molecule has 152 valence electrons. The second-order valence-electron chi connectivity index (χ2n) is 7.22. The first-order chi connectivity index (χ1) is 14.4. The molecule has 6 heteroatoms. The van der Waals surface area contributed by atoms with E-state index in [2.05, 4.69) is 15.9 Å². The van der Waals surface area contributed by atoms with Crippen LogP contribution in [-0.2, 0) is 11.3 Å². The molecular weight excluding hydrogens is 462 g/mol. The van der Waals surface area contributed by atoms with Gasteiger partial charge in [0.1, 0.15) is 5.75 Å². The minimum atomic E-state index is -0.288. The Morgan fingerprint density at radius 1 is 1.03 bits per heavy atom. The first-order valence-corrected chi connectivity index (χ1v) is 11.2. The van der Waals surface area contributed by atoms with Gasteiger partial charge in [-0.25, -0.2) is 0 Å². The van der Waals surface area contributed by atoms with Crippen LogP contribution >= 0.6 is 27.7 Å². The minimum Gasteiger partial charge on any atom is -0.490 e. The predicted octanol–water partition coefficient (Wildman–Crippen LogP) is 6.63. The summed E-state index contributed by atoms with van der Waals surface area (Å²) < 4.78 is 6.86. The average Bonchev–Trinajstić information content (AvgIpc) is 2.98. The topological polar surface area (TPSA) is 46.6 Å². The van der Waals surface area contributed by atoms with Crippen LogP contribution in [0, 0.1) is 0 Å². The molecule has 1 aliphatic heterocycles. The molecule has 3 aromatic rings. The average molecular weight is 482 g/mol. The summed E-state index contributed by atoms with van der Waals surface area (Å²) in [6.45, 7) is 4.16. The highest BCUT2D eigenvalue weighted by molar-refractivity contribution is 9.10. The molecule has 2 amide bonds. The fraction of sp³-hybridized carbons (Fsp3) is 0.167. The molecule has 1 aliphatic rings. The maximum atomic E-state index is 13.1. The zero-order valence-electron chi connectivity index (χ0n) is 16.6. The van der Waals surface area contributed by atoms with Crippen LogP contribution in [-0.4, -0.2) is 22.2 Å². The van der Waals surface area contributed by atoms with Gasteiger partial charge in [-0.05, 0) is 60.2 Å². The van der Waals surface area contributed by atoms with Gasteiger partial charge in [0.25, 0.3) is 11.1 Å². The van der Waals surface area contributed by atoms with E-state index in [1.54, 1.807) is 6.08 Å². The summed E-state index contributed by atoms with van der Waals surface area (Å²) in [7, 11) is 0. The van der Waals surface area contributed by atoms with Gasteiger partial charge in [-0.15, -0.1) is 0 Å². The van der Waals surface area contributed by atoms with Gasteiger partial charge < -0.3 is 4.74 Å². The number of nitrogens with zero attached hydrogens (tertiary/aromatic N) is 1. The van der Waals surface area contributed by atoms with Crippen molar-refractivity contribution < 1.29 is 14.3 Å². The smallest absolute Gasteiger partial charge is 0.293 e. The second-order valence-corrected chi connectivity index (χ2v) is 9.07. The Labute approximate surface area is 188 Å². The minimum absolute atomic E-state index is 0.0104. The van der Waals surface area contributed by atoms with Gasteiger partial charge in [0.15, 0.2) is 0 Å². The zero-order chi connectivity index (χ0) is 21.3. The number of rotatable bonds is 5. The molecule has 3 aromatic carbocycles. The first-order valence-electron chi connectivity index (χ1n) is 9.61. The molecular formula is C24H20BrNO3S. The number of carbonyl (C=O) groups excluding carboxylic acids is 2. The van der Waals surface area contributed by atoms with E-state index in [1.165, 1.54) is 4.90 Å². The van der Waals surface area contributed by atoms with E-state index in [4.69, 9.17) is 4.74 Å². The van der Waals surface area contributed by atoms with Gasteiger partial charge in [-0.1, -0.05) is 64.5 Å². The van der Waals surface area contributed by atoms with E-state index in [1.807, 2.05) is 74.5 Å². The number of hydrogen-bond donors (Lipinski definition) is 0. The van der Waals surface area contributed by atoms with Crippen molar-refractivity contribution in [3.05, 3.63) is 81.2 Å².